The highest BCUT2D eigenvalue weighted by molar-refractivity contribution is 14.0. The first-order valence-corrected chi connectivity index (χ1v) is 10.1. The number of likely N-dealkylation sites (tertiary alicyclic amines) is 1. The summed E-state index contributed by atoms with van der Waals surface area (Å²) in [5.41, 5.74) is 0. The molecule has 3 N–H and O–H groups in total. The van der Waals surface area contributed by atoms with Gasteiger partial charge < -0.3 is 20.9 Å². The van der Waals surface area contributed by atoms with Crippen molar-refractivity contribution in [3.63, 3.8) is 0 Å². The SMILES string of the molecule is CN=C(NCCCN1CCC(C)CC1)NCC(=O)NC1CCCCC1.I. The van der Waals surface area contributed by atoms with Crippen LogP contribution in [0.1, 0.15) is 58.3 Å². The lowest BCUT2D eigenvalue weighted by Gasteiger charge is -2.30. The number of carbonyl (C=O) groups excluding carboxylic acids is 1. The number of rotatable bonds is 7. The predicted octanol–water partition coefficient (Wildman–Crippen LogP) is 2.34. The Balaban J connectivity index is 0.00000338. The topological polar surface area (TPSA) is 68.8 Å². The van der Waals surface area contributed by atoms with Gasteiger partial charge in [0.15, 0.2) is 5.96 Å². The monoisotopic (exact) mass is 479 g/mol. The first-order valence-electron chi connectivity index (χ1n) is 10.1. The Hall–Kier alpha value is -0.570. The smallest absolute Gasteiger partial charge is 0.239 e. The molecule has 0 unspecified atom stereocenters. The van der Waals surface area contributed by atoms with Crippen molar-refractivity contribution in [3.05, 3.63) is 0 Å². The molecular weight excluding hydrogens is 441 g/mol. The van der Waals surface area contributed by atoms with Crippen LogP contribution in [0.5, 0.6) is 0 Å². The van der Waals surface area contributed by atoms with E-state index in [1.807, 2.05) is 0 Å². The molecule has 0 aromatic rings. The number of nitrogens with one attached hydrogen (secondary N) is 3. The third kappa shape index (κ3) is 9.39. The number of hydrogen-bond acceptors (Lipinski definition) is 3. The van der Waals surface area contributed by atoms with Gasteiger partial charge in [-0.3, -0.25) is 9.79 Å². The third-order valence-electron chi connectivity index (χ3n) is 5.43. The van der Waals surface area contributed by atoms with Crippen molar-refractivity contribution in [1.82, 2.24) is 20.9 Å². The van der Waals surface area contributed by atoms with E-state index in [-0.39, 0.29) is 29.9 Å². The van der Waals surface area contributed by atoms with E-state index < -0.39 is 0 Å². The number of aliphatic imine (C=N–C) groups is 1. The zero-order valence-corrected chi connectivity index (χ0v) is 18.9. The molecule has 2 aliphatic rings. The zero-order valence-electron chi connectivity index (χ0n) is 16.6. The highest BCUT2D eigenvalue weighted by Crippen LogP contribution is 2.17. The van der Waals surface area contributed by atoms with Crippen LogP contribution in [0, 0.1) is 5.92 Å². The number of carbonyl (C=O) groups is 1. The van der Waals surface area contributed by atoms with Crippen LogP contribution in [0.4, 0.5) is 0 Å². The molecule has 26 heavy (non-hydrogen) atoms. The maximum absolute atomic E-state index is 12.0. The Morgan fingerprint density at radius 2 is 1.77 bits per heavy atom. The lowest BCUT2D eigenvalue weighted by molar-refractivity contribution is -0.120. The number of hydrogen-bond donors (Lipinski definition) is 3. The minimum absolute atomic E-state index is 0. The number of nitrogens with zero attached hydrogens (tertiary/aromatic N) is 2. The van der Waals surface area contributed by atoms with Gasteiger partial charge in [-0.05, 0) is 57.7 Å². The molecule has 7 heteroatoms. The van der Waals surface area contributed by atoms with Crippen LogP contribution >= 0.6 is 24.0 Å². The molecule has 2 fully saturated rings. The van der Waals surface area contributed by atoms with Crippen LogP contribution < -0.4 is 16.0 Å². The second-order valence-corrected chi connectivity index (χ2v) is 7.63. The van der Waals surface area contributed by atoms with E-state index >= 15 is 0 Å². The number of amides is 1. The van der Waals surface area contributed by atoms with Crippen LogP contribution in [0.25, 0.3) is 0 Å². The Morgan fingerprint density at radius 1 is 1.08 bits per heavy atom. The fourth-order valence-electron chi connectivity index (χ4n) is 3.71. The van der Waals surface area contributed by atoms with Crippen molar-refractivity contribution in [2.75, 3.05) is 39.8 Å². The molecule has 152 valence electrons. The summed E-state index contributed by atoms with van der Waals surface area (Å²) in [5.74, 6) is 1.67. The van der Waals surface area contributed by atoms with E-state index in [0.717, 1.165) is 38.3 Å². The molecule has 1 amide bonds. The van der Waals surface area contributed by atoms with Gasteiger partial charge in [0.25, 0.3) is 0 Å². The van der Waals surface area contributed by atoms with E-state index in [1.165, 1.54) is 45.2 Å². The molecule has 0 spiro atoms. The lowest BCUT2D eigenvalue weighted by Crippen LogP contribution is -2.46. The van der Waals surface area contributed by atoms with Crippen LogP contribution in [0.3, 0.4) is 0 Å². The van der Waals surface area contributed by atoms with Gasteiger partial charge in [-0.1, -0.05) is 26.2 Å². The zero-order chi connectivity index (χ0) is 17.9. The van der Waals surface area contributed by atoms with E-state index in [1.54, 1.807) is 7.05 Å². The molecule has 6 nitrogen and oxygen atoms in total. The summed E-state index contributed by atoms with van der Waals surface area (Å²) in [5, 5.41) is 9.55. The molecule has 1 aliphatic carbocycles. The summed E-state index contributed by atoms with van der Waals surface area (Å²) in [7, 11) is 1.75. The average molecular weight is 479 g/mol. The molecule has 1 heterocycles. The highest BCUT2D eigenvalue weighted by atomic mass is 127. The summed E-state index contributed by atoms with van der Waals surface area (Å²) < 4.78 is 0. The van der Waals surface area contributed by atoms with Gasteiger partial charge in [0, 0.05) is 19.6 Å². The molecule has 2 rings (SSSR count). The maximum atomic E-state index is 12.0. The first-order chi connectivity index (χ1) is 12.2. The van der Waals surface area contributed by atoms with Crippen LogP contribution in [0.15, 0.2) is 4.99 Å². The second kappa shape index (κ2) is 13.6. The molecule has 1 aliphatic heterocycles. The number of guanidine groups is 1. The fraction of sp³-hybridized carbons (Fsp3) is 0.895. The predicted molar refractivity (Wildman–Crippen MR) is 119 cm³/mol. The molecule has 1 saturated carbocycles. The molecule has 0 aromatic carbocycles. The van der Waals surface area contributed by atoms with Crippen molar-refractivity contribution in [1.29, 1.82) is 0 Å². The summed E-state index contributed by atoms with van der Waals surface area (Å²) >= 11 is 0. The third-order valence-corrected chi connectivity index (χ3v) is 5.43. The van der Waals surface area contributed by atoms with Gasteiger partial charge in [0.2, 0.25) is 5.91 Å². The van der Waals surface area contributed by atoms with Gasteiger partial charge in [-0.25, -0.2) is 0 Å². The van der Waals surface area contributed by atoms with Crippen LogP contribution in [0.2, 0.25) is 0 Å². The Bertz CT molecular complexity index is 418. The van der Waals surface area contributed by atoms with Crippen molar-refractivity contribution < 1.29 is 4.79 Å². The molecule has 0 atom stereocenters. The normalized spacial score (nSPS) is 20.3. The van der Waals surface area contributed by atoms with Gasteiger partial charge in [0.1, 0.15) is 0 Å². The molecule has 0 aromatic heterocycles. The van der Waals surface area contributed by atoms with Crippen molar-refractivity contribution >= 4 is 35.8 Å². The quantitative estimate of drug-likeness (QED) is 0.227. The molecular formula is C19H38IN5O. The highest BCUT2D eigenvalue weighted by Gasteiger charge is 2.16. The van der Waals surface area contributed by atoms with Gasteiger partial charge in [-0.2, -0.15) is 0 Å². The second-order valence-electron chi connectivity index (χ2n) is 7.63. The maximum Gasteiger partial charge on any atom is 0.239 e. The average Bonchev–Trinajstić information content (AvgIpc) is 2.63. The molecule has 0 radical (unpaired) electrons. The van der Waals surface area contributed by atoms with Crippen molar-refractivity contribution in [2.45, 2.75) is 64.3 Å². The molecule has 0 bridgehead atoms. The van der Waals surface area contributed by atoms with Crippen molar-refractivity contribution in [3.8, 4) is 0 Å². The summed E-state index contributed by atoms with van der Waals surface area (Å²) in [6.45, 7) is 7.12. The summed E-state index contributed by atoms with van der Waals surface area (Å²) in [6, 6.07) is 0.366. The van der Waals surface area contributed by atoms with E-state index in [2.05, 4.69) is 32.8 Å². The van der Waals surface area contributed by atoms with Crippen molar-refractivity contribution in [2.24, 2.45) is 10.9 Å². The standard InChI is InChI=1S/C19H37N5O.HI/c1-16-9-13-24(14-10-16)12-6-11-21-19(20-2)22-15-18(25)23-17-7-4-3-5-8-17;/h16-17H,3-15H2,1-2H3,(H,23,25)(H2,20,21,22);1H. The van der Waals surface area contributed by atoms with Gasteiger partial charge >= 0.3 is 0 Å². The minimum Gasteiger partial charge on any atom is -0.356 e. The summed E-state index contributed by atoms with van der Waals surface area (Å²) in [6.07, 6.45) is 9.76. The van der Waals surface area contributed by atoms with Crippen LogP contribution in [-0.4, -0.2) is 62.6 Å². The first kappa shape index (κ1) is 23.5. The Morgan fingerprint density at radius 3 is 2.42 bits per heavy atom. The Kier molecular flexibility index (Phi) is 12.3. The minimum atomic E-state index is 0. The number of piperidine rings is 1. The van der Waals surface area contributed by atoms with E-state index in [0.29, 0.717) is 18.5 Å². The van der Waals surface area contributed by atoms with Crippen LogP contribution in [-0.2, 0) is 4.79 Å². The van der Waals surface area contributed by atoms with Gasteiger partial charge in [-0.15, -0.1) is 24.0 Å². The van der Waals surface area contributed by atoms with Gasteiger partial charge in [0.05, 0.1) is 6.54 Å². The fourth-order valence-corrected chi connectivity index (χ4v) is 3.71. The Labute approximate surface area is 176 Å². The van der Waals surface area contributed by atoms with E-state index in [9.17, 15) is 4.79 Å². The van der Waals surface area contributed by atoms with E-state index in [4.69, 9.17) is 0 Å². The molecule has 1 saturated heterocycles. The summed E-state index contributed by atoms with van der Waals surface area (Å²) in [4.78, 5) is 18.8. The largest absolute Gasteiger partial charge is 0.356 e. The number of halogens is 1. The lowest BCUT2D eigenvalue weighted by atomic mass is 9.95.